The third kappa shape index (κ3) is 3.67. The Balaban J connectivity index is 1.76. The first-order valence-corrected chi connectivity index (χ1v) is 10.2. The summed E-state index contributed by atoms with van der Waals surface area (Å²) in [6, 6.07) is 2.54. The van der Waals surface area contributed by atoms with Crippen LogP contribution in [0.3, 0.4) is 0 Å². The maximum absolute atomic E-state index is 12.8. The van der Waals surface area contributed by atoms with Crippen LogP contribution in [0.4, 0.5) is 0 Å². The molecule has 0 spiro atoms. The first kappa shape index (κ1) is 15.5. The van der Waals surface area contributed by atoms with Crippen LogP contribution in [0.1, 0.15) is 48.3 Å². The van der Waals surface area contributed by atoms with Crippen LogP contribution in [-0.4, -0.2) is 31.9 Å². The van der Waals surface area contributed by atoms with E-state index in [-0.39, 0.29) is 0 Å². The SMILES string of the molecule is Cc1sc(CNC2CC2)cc1S(=O)(=O)N1CCCCCC1. The van der Waals surface area contributed by atoms with Gasteiger partial charge in [-0.05, 0) is 38.7 Å². The molecule has 21 heavy (non-hydrogen) atoms. The molecule has 1 aromatic heterocycles. The molecule has 1 aromatic rings. The standard InChI is InChI=1S/C15H24N2O2S2/c1-12-15(10-14(20-12)11-16-13-6-7-13)21(18,19)17-8-4-2-3-5-9-17/h10,13,16H,2-9,11H2,1H3. The summed E-state index contributed by atoms with van der Waals surface area (Å²) in [5.41, 5.74) is 0. The summed E-state index contributed by atoms with van der Waals surface area (Å²) in [4.78, 5) is 2.58. The summed E-state index contributed by atoms with van der Waals surface area (Å²) in [6.45, 7) is 4.07. The van der Waals surface area contributed by atoms with Crippen molar-refractivity contribution >= 4 is 21.4 Å². The van der Waals surface area contributed by atoms with Crippen molar-refractivity contribution in [3.05, 3.63) is 15.8 Å². The molecule has 0 unspecified atom stereocenters. The van der Waals surface area contributed by atoms with Crippen LogP contribution in [0, 0.1) is 6.92 Å². The highest BCUT2D eigenvalue weighted by atomic mass is 32.2. The highest BCUT2D eigenvalue weighted by Gasteiger charge is 2.28. The van der Waals surface area contributed by atoms with Crippen molar-refractivity contribution in [2.45, 2.75) is 62.9 Å². The van der Waals surface area contributed by atoms with Gasteiger partial charge in [0.05, 0.1) is 4.90 Å². The average Bonchev–Trinajstić information content (AvgIpc) is 3.23. The van der Waals surface area contributed by atoms with Crippen LogP contribution < -0.4 is 5.32 Å². The van der Waals surface area contributed by atoms with Gasteiger partial charge in [0.25, 0.3) is 0 Å². The van der Waals surface area contributed by atoms with Gasteiger partial charge in [-0.25, -0.2) is 8.42 Å². The van der Waals surface area contributed by atoms with Crippen molar-refractivity contribution in [3.63, 3.8) is 0 Å². The van der Waals surface area contributed by atoms with Crippen molar-refractivity contribution in [2.24, 2.45) is 0 Å². The third-order valence-electron chi connectivity index (χ3n) is 4.25. The van der Waals surface area contributed by atoms with E-state index >= 15 is 0 Å². The van der Waals surface area contributed by atoms with Gasteiger partial charge in [0.1, 0.15) is 0 Å². The molecule has 118 valence electrons. The van der Waals surface area contributed by atoms with Crippen LogP contribution in [0.15, 0.2) is 11.0 Å². The van der Waals surface area contributed by atoms with Crippen molar-refractivity contribution in [2.75, 3.05) is 13.1 Å². The number of hydrogen-bond donors (Lipinski definition) is 1. The Bertz CT molecular complexity index is 583. The van der Waals surface area contributed by atoms with Crippen LogP contribution >= 0.6 is 11.3 Å². The molecular formula is C15H24N2O2S2. The maximum atomic E-state index is 12.8. The molecule has 0 atom stereocenters. The summed E-state index contributed by atoms with van der Waals surface area (Å²) >= 11 is 1.61. The Morgan fingerprint density at radius 1 is 1.24 bits per heavy atom. The number of thiophene rings is 1. The lowest BCUT2D eigenvalue weighted by Gasteiger charge is -2.19. The zero-order chi connectivity index (χ0) is 14.9. The number of sulfonamides is 1. The molecule has 1 saturated carbocycles. The van der Waals surface area contributed by atoms with Crippen molar-refractivity contribution in [1.82, 2.24) is 9.62 Å². The zero-order valence-electron chi connectivity index (χ0n) is 12.6. The fourth-order valence-electron chi connectivity index (χ4n) is 2.82. The van der Waals surface area contributed by atoms with Gasteiger partial charge in [-0.2, -0.15) is 4.31 Å². The van der Waals surface area contributed by atoms with Crippen LogP contribution in [0.2, 0.25) is 0 Å². The van der Waals surface area contributed by atoms with E-state index in [1.54, 1.807) is 15.6 Å². The maximum Gasteiger partial charge on any atom is 0.244 e. The van der Waals surface area contributed by atoms with E-state index in [1.807, 2.05) is 13.0 Å². The Morgan fingerprint density at radius 2 is 1.90 bits per heavy atom. The average molecular weight is 329 g/mol. The molecule has 1 N–H and O–H groups in total. The molecular weight excluding hydrogens is 304 g/mol. The van der Waals surface area contributed by atoms with E-state index in [2.05, 4.69) is 5.32 Å². The Morgan fingerprint density at radius 3 is 2.52 bits per heavy atom. The fourth-order valence-corrected chi connectivity index (χ4v) is 5.89. The predicted octanol–water partition coefficient (Wildman–Crippen LogP) is 2.87. The minimum Gasteiger partial charge on any atom is -0.309 e. The zero-order valence-corrected chi connectivity index (χ0v) is 14.2. The molecule has 2 aliphatic rings. The van der Waals surface area contributed by atoms with Gasteiger partial charge in [-0.3, -0.25) is 0 Å². The second-order valence-corrected chi connectivity index (χ2v) is 9.35. The van der Waals surface area contributed by atoms with Gasteiger partial charge < -0.3 is 5.32 Å². The first-order valence-electron chi connectivity index (χ1n) is 7.90. The summed E-state index contributed by atoms with van der Waals surface area (Å²) in [6.07, 6.45) is 6.76. The summed E-state index contributed by atoms with van der Waals surface area (Å²) in [5, 5.41) is 3.46. The molecule has 0 amide bonds. The molecule has 0 radical (unpaired) electrons. The normalized spacial score (nSPS) is 21.4. The third-order valence-corrected chi connectivity index (χ3v) is 7.45. The summed E-state index contributed by atoms with van der Waals surface area (Å²) in [7, 11) is -3.30. The number of hydrogen-bond acceptors (Lipinski definition) is 4. The van der Waals surface area contributed by atoms with Gasteiger partial charge in [0.15, 0.2) is 0 Å². The van der Waals surface area contributed by atoms with E-state index in [4.69, 9.17) is 0 Å². The molecule has 4 nitrogen and oxygen atoms in total. The highest BCUT2D eigenvalue weighted by molar-refractivity contribution is 7.89. The van der Waals surface area contributed by atoms with Crippen molar-refractivity contribution in [1.29, 1.82) is 0 Å². The molecule has 0 aromatic carbocycles. The van der Waals surface area contributed by atoms with E-state index in [0.29, 0.717) is 24.0 Å². The quantitative estimate of drug-likeness (QED) is 0.904. The molecule has 1 aliphatic heterocycles. The van der Waals surface area contributed by atoms with Gasteiger partial charge in [-0.15, -0.1) is 11.3 Å². The fraction of sp³-hybridized carbons (Fsp3) is 0.733. The second-order valence-electron chi connectivity index (χ2n) is 6.11. The number of nitrogens with one attached hydrogen (secondary N) is 1. The lowest BCUT2D eigenvalue weighted by Crippen LogP contribution is -2.32. The number of nitrogens with zero attached hydrogens (tertiary/aromatic N) is 1. The van der Waals surface area contributed by atoms with Gasteiger partial charge >= 0.3 is 0 Å². The van der Waals surface area contributed by atoms with Crippen molar-refractivity contribution < 1.29 is 8.42 Å². The smallest absolute Gasteiger partial charge is 0.244 e. The lowest BCUT2D eigenvalue weighted by molar-refractivity contribution is 0.423. The molecule has 2 heterocycles. The largest absolute Gasteiger partial charge is 0.309 e. The highest BCUT2D eigenvalue weighted by Crippen LogP contribution is 2.30. The molecule has 1 saturated heterocycles. The molecule has 3 rings (SSSR count). The first-order chi connectivity index (χ1) is 10.1. The number of rotatable bonds is 5. The van der Waals surface area contributed by atoms with Gasteiger partial charge in [0, 0.05) is 35.4 Å². The summed E-state index contributed by atoms with van der Waals surface area (Å²) < 4.78 is 27.4. The molecule has 0 bridgehead atoms. The van der Waals surface area contributed by atoms with Crippen LogP contribution in [-0.2, 0) is 16.6 Å². The molecule has 2 fully saturated rings. The van der Waals surface area contributed by atoms with E-state index in [0.717, 1.165) is 42.0 Å². The van der Waals surface area contributed by atoms with Crippen LogP contribution in [0.25, 0.3) is 0 Å². The molecule has 1 aliphatic carbocycles. The monoisotopic (exact) mass is 328 g/mol. The second kappa shape index (κ2) is 6.36. The molecule has 6 heteroatoms. The Labute approximate surface area is 131 Å². The van der Waals surface area contributed by atoms with Gasteiger partial charge in [0.2, 0.25) is 10.0 Å². The number of aryl methyl sites for hydroxylation is 1. The van der Waals surface area contributed by atoms with E-state index < -0.39 is 10.0 Å². The summed E-state index contributed by atoms with van der Waals surface area (Å²) in [5.74, 6) is 0. The topological polar surface area (TPSA) is 49.4 Å². The van der Waals surface area contributed by atoms with Crippen molar-refractivity contribution in [3.8, 4) is 0 Å². The Kier molecular flexibility index (Phi) is 4.69. The van der Waals surface area contributed by atoms with Crippen LogP contribution in [0.5, 0.6) is 0 Å². The van der Waals surface area contributed by atoms with E-state index in [1.165, 1.54) is 12.8 Å². The lowest BCUT2D eigenvalue weighted by atomic mass is 10.2. The van der Waals surface area contributed by atoms with Gasteiger partial charge in [-0.1, -0.05) is 12.8 Å². The minimum absolute atomic E-state index is 0.530. The minimum atomic E-state index is -3.30. The van der Waals surface area contributed by atoms with E-state index in [9.17, 15) is 8.42 Å². The predicted molar refractivity (Wildman–Crippen MR) is 86.1 cm³/mol. The Hall–Kier alpha value is -0.430.